The largest absolute Gasteiger partial charge is 0.508 e. The molecule has 2 N–H and O–H groups in total. The van der Waals surface area contributed by atoms with E-state index >= 15 is 0 Å². The number of phenolic OH excluding ortho intramolecular Hbond substituents is 1. The van der Waals surface area contributed by atoms with E-state index in [1.165, 1.54) is 7.11 Å². The van der Waals surface area contributed by atoms with Gasteiger partial charge in [0.25, 0.3) is 0 Å². The number of benzene rings is 1. The van der Waals surface area contributed by atoms with E-state index in [9.17, 15) is 10.2 Å². The number of hydrogen-bond donors (Lipinski definition) is 2. The number of rotatable bonds is 2. The van der Waals surface area contributed by atoms with Crippen molar-refractivity contribution in [3.8, 4) is 17.4 Å². The molecule has 0 radical (unpaired) electrons. The topological polar surface area (TPSA) is 71.8 Å². The second-order valence-electron chi connectivity index (χ2n) is 4.73. The fourth-order valence-electron chi connectivity index (χ4n) is 2.37. The quantitative estimate of drug-likeness (QED) is 0.873. The number of phenols is 1. The van der Waals surface area contributed by atoms with Crippen molar-refractivity contribution in [2.75, 3.05) is 7.11 Å². The molecule has 0 bridgehead atoms. The molecule has 1 aromatic heterocycles. The summed E-state index contributed by atoms with van der Waals surface area (Å²) in [7, 11) is 1.54. The maximum Gasteiger partial charge on any atom is 0.213 e. The van der Waals surface area contributed by atoms with Crippen LogP contribution in [0.15, 0.2) is 36.5 Å². The Morgan fingerprint density at radius 1 is 1.30 bits per heavy atom. The molecular weight excluding hydrogens is 258 g/mol. The normalized spacial score (nSPS) is 20.9. The van der Waals surface area contributed by atoms with Gasteiger partial charge in [-0.3, -0.25) is 0 Å². The highest BCUT2D eigenvalue weighted by Gasteiger charge is 2.30. The van der Waals surface area contributed by atoms with Crippen molar-refractivity contribution in [1.29, 1.82) is 0 Å². The smallest absolute Gasteiger partial charge is 0.213 e. The predicted molar refractivity (Wildman–Crippen MR) is 72.0 cm³/mol. The average molecular weight is 273 g/mol. The van der Waals surface area contributed by atoms with Crippen LogP contribution in [-0.4, -0.2) is 28.4 Å². The van der Waals surface area contributed by atoms with Gasteiger partial charge in [0.2, 0.25) is 5.88 Å². The SMILES string of the molecule is COc1cc([C@@H]2Oc3cc(O)ccc3C[C@@H]2O)ccn1. The number of pyridine rings is 1. The van der Waals surface area contributed by atoms with Gasteiger partial charge < -0.3 is 19.7 Å². The van der Waals surface area contributed by atoms with Gasteiger partial charge in [0.05, 0.1) is 13.2 Å². The number of aliphatic hydroxyl groups excluding tert-OH is 1. The zero-order chi connectivity index (χ0) is 14.1. The molecule has 0 amide bonds. The van der Waals surface area contributed by atoms with Gasteiger partial charge >= 0.3 is 0 Å². The van der Waals surface area contributed by atoms with E-state index in [0.29, 0.717) is 18.1 Å². The lowest BCUT2D eigenvalue weighted by Gasteiger charge is -2.31. The highest BCUT2D eigenvalue weighted by molar-refractivity contribution is 5.43. The van der Waals surface area contributed by atoms with Gasteiger partial charge in [-0.1, -0.05) is 6.07 Å². The van der Waals surface area contributed by atoms with Gasteiger partial charge in [0.1, 0.15) is 11.5 Å². The van der Waals surface area contributed by atoms with Crippen molar-refractivity contribution < 1.29 is 19.7 Å². The standard InChI is InChI=1S/C15H15NO4/c1-19-14-7-10(4-5-16-14)15-12(18)6-9-2-3-11(17)8-13(9)20-15/h2-5,7-8,12,15,17-18H,6H2,1H3/t12-,15-/m0/s1. The molecule has 104 valence electrons. The summed E-state index contributed by atoms with van der Waals surface area (Å²) in [6.45, 7) is 0. The van der Waals surface area contributed by atoms with Crippen LogP contribution in [0.1, 0.15) is 17.2 Å². The Hall–Kier alpha value is -2.27. The average Bonchev–Trinajstić information content (AvgIpc) is 2.47. The third-order valence-electron chi connectivity index (χ3n) is 3.38. The number of nitrogens with zero attached hydrogens (tertiary/aromatic N) is 1. The van der Waals surface area contributed by atoms with Gasteiger partial charge in [-0.25, -0.2) is 4.98 Å². The fourth-order valence-corrected chi connectivity index (χ4v) is 2.37. The summed E-state index contributed by atoms with van der Waals surface area (Å²) in [5.74, 6) is 1.21. The van der Waals surface area contributed by atoms with Crippen molar-refractivity contribution >= 4 is 0 Å². The van der Waals surface area contributed by atoms with Crippen LogP contribution in [0, 0.1) is 0 Å². The first-order chi connectivity index (χ1) is 9.67. The zero-order valence-electron chi connectivity index (χ0n) is 11.0. The van der Waals surface area contributed by atoms with Crippen LogP contribution in [0.2, 0.25) is 0 Å². The minimum absolute atomic E-state index is 0.145. The maximum atomic E-state index is 10.3. The monoisotopic (exact) mass is 273 g/mol. The highest BCUT2D eigenvalue weighted by Crippen LogP contribution is 2.37. The maximum absolute atomic E-state index is 10.3. The molecule has 1 aliphatic heterocycles. The molecule has 0 spiro atoms. The van der Waals surface area contributed by atoms with E-state index in [1.54, 1.807) is 36.5 Å². The molecule has 0 fully saturated rings. The molecule has 1 aliphatic rings. The molecular formula is C15H15NO4. The van der Waals surface area contributed by atoms with Crippen molar-refractivity contribution in [1.82, 2.24) is 4.98 Å². The molecule has 0 unspecified atom stereocenters. The first-order valence-corrected chi connectivity index (χ1v) is 6.34. The molecule has 1 aromatic carbocycles. The summed E-state index contributed by atoms with van der Waals surface area (Å²) < 4.78 is 10.9. The number of fused-ring (bicyclic) bond motifs is 1. The van der Waals surface area contributed by atoms with Crippen molar-refractivity contribution in [3.63, 3.8) is 0 Å². The van der Waals surface area contributed by atoms with Crippen LogP contribution in [-0.2, 0) is 6.42 Å². The van der Waals surface area contributed by atoms with Gasteiger partial charge in [0.15, 0.2) is 6.10 Å². The molecule has 5 nitrogen and oxygen atoms in total. The van der Waals surface area contributed by atoms with E-state index in [-0.39, 0.29) is 5.75 Å². The summed E-state index contributed by atoms with van der Waals surface area (Å²) in [4.78, 5) is 4.04. The Bertz CT molecular complexity index is 629. The van der Waals surface area contributed by atoms with Gasteiger partial charge in [-0.05, 0) is 17.7 Å². The van der Waals surface area contributed by atoms with Crippen LogP contribution >= 0.6 is 0 Å². The van der Waals surface area contributed by atoms with Gasteiger partial charge in [0, 0.05) is 30.3 Å². The highest BCUT2D eigenvalue weighted by atomic mass is 16.5. The van der Waals surface area contributed by atoms with Crippen LogP contribution in [0.5, 0.6) is 17.4 Å². The van der Waals surface area contributed by atoms with Gasteiger partial charge in [-0.15, -0.1) is 0 Å². The van der Waals surface area contributed by atoms with Crippen molar-refractivity contribution in [3.05, 3.63) is 47.7 Å². The zero-order valence-corrected chi connectivity index (χ0v) is 11.0. The predicted octanol–water partition coefficient (Wildman–Crippen LogP) is 1.83. The van der Waals surface area contributed by atoms with Crippen LogP contribution < -0.4 is 9.47 Å². The van der Waals surface area contributed by atoms with Crippen molar-refractivity contribution in [2.45, 2.75) is 18.6 Å². The van der Waals surface area contributed by atoms with Gasteiger partial charge in [-0.2, -0.15) is 0 Å². The number of aromatic hydroxyl groups is 1. The molecule has 2 aromatic rings. The van der Waals surface area contributed by atoms with Crippen LogP contribution in [0.25, 0.3) is 0 Å². The van der Waals surface area contributed by atoms with E-state index in [4.69, 9.17) is 9.47 Å². The number of aromatic nitrogens is 1. The molecule has 20 heavy (non-hydrogen) atoms. The molecule has 3 rings (SSSR count). The summed E-state index contributed by atoms with van der Waals surface area (Å²) in [6.07, 6.45) is 0.938. The van der Waals surface area contributed by atoms with E-state index in [0.717, 1.165) is 11.1 Å². The van der Waals surface area contributed by atoms with E-state index < -0.39 is 12.2 Å². The van der Waals surface area contributed by atoms with E-state index in [1.807, 2.05) is 0 Å². The fraction of sp³-hybridized carbons (Fsp3) is 0.267. The summed E-state index contributed by atoms with van der Waals surface area (Å²) in [5.41, 5.74) is 1.67. The Morgan fingerprint density at radius 3 is 2.95 bits per heavy atom. The lowest BCUT2D eigenvalue weighted by Crippen LogP contribution is -2.30. The molecule has 2 heterocycles. The molecule has 0 aliphatic carbocycles. The Morgan fingerprint density at radius 2 is 2.15 bits per heavy atom. The second-order valence-corrected chi connectivity index (χ2v) is 4.73. The lowest BCUT2D eigenvalue weighted by molar-refractivity contribution is 0.0205. The van der Waals surface area contributed by atoms with Crippen molar-refractivity contribution in [2.24, 2.45) is 0 Å². The number of aliphatic hydroxyl groups is 1. The second kappa shape index (κ2) is 5.02. The third kappa shape index (κ3) is 2.28. The molecule has 0 saturated heterocycles. The summed E-state index contributed by atoms with van der Waals surface area (Å²) >= 11 is 0. The minimum Gasteiger partial charge on any atom is -0.508 e. The number of hydrogen-bond acceptors (Lipinski definition) is 5. The molecule has 5 heteroatoms. The first kappa shape index (κ1) is 12.7. The summed E-state index contributed by atoms with van der Waals surface area (Å²) in [6, 6.07) is 8.43. The lowest BCUT2D eigenvalue weighted by atomic mass is 9.95. The Kier molecular flexibility index (Phi) is 3.20. The van der Waals surface area contributed by atoms with Crippen LogP contribution in [0.4, 0.5) is 0 Å². The Balaban J connectivity index is 1.94. The Labute approximate surface area is 116 Å². The third-order valence-corrected chi connectivity index (χ3v) is 3.38. The molecule has 2 atom stereocenters. The van der Waals surface area contributed by atoms with E-state index in [2.05, 4.69) is 4.98 Å². The summed E-state index contributed by atoms with van der Waals surface area (Å²) in [5, 5.41) is 19.8. The minimum atomic E-state index is -0.654. The van der Waals surface area contributed by atoms with Crippen LogP contribution in [0.3, 0.4) is 0 Å². The first-order valence-electron chi connectivity index (χ1n) is 6.34. The number of methoxy groups -OCH3 is 1. The molecule has 0 saturated carbocycles. The number of ether oxygens (including phenoxy) is 2.